The van der Waals surface area contributed by atoms with E-state index in [0.717, 1.165) is 16.9 Å². The first-order valence-electron chi connectivity index (χ1n) is 5.31. The number of aromatic carboxylic acids is 1. The van der Waals surface area contributed by atoms with Gasteiger partial charge in [0.15, 0.2) is 10.7 Å². The molecule has 0 aliphatic rings. The third-order valence-electron chi connectivity index (χ3n) is 2.19. The summed E-state index contributed by atoms with van der Waals surface area (Å²) in [5.41, 5.74) is 2.19. The smallest absolute Gasteiger partial charge is 0.413 e. The molecular formula is C12H10N2O4S. The average Bonchev–Trinajstić information content (AvgIpc) is 2.86. The van der Waals surface area contributed by atoms with Crippen LogP contribution >= 0.6 is 11.3 Å². The molecule has 1 aromatic carbocycles. The zero-order valence-corrected chi connectivity index (χ0v) is 10.5. The first kappa shape index (κ1) is 13.0. The fourth-order valence-electron chi connectivity index (χ4n) is 1.34. The van der Waals surface area contributed by atoms with E-state index in [1.54, 1.807) is 0 Å². The van der Waals surface area contributed by atoms with E-state index in [0.29, 0.717) is 0 Å². The van der Waals surface area contributed by atoms with Crippen LogP contribution in [0.1, 0.15) is 15.2 Å². The van der Waals surface area contributed by atoms with Crippen molar-refractivity contribution in [1.82, 2.24) is 4.98 Å². The van der Waals surface area contributed by atoms with E-state index in [9.17, 15) is 9.59 Å². The third-order valence-corrected chi connectivity index (χ3v) is 3.01. The van der Waals surface area contributed by atoms with Gasteiger partial charge in [-0.15, -0.1) is 11.3 Å². The van der Waals surface area contributed by atoms with E-state index in [4.69, 9.17) is 9.84 Å². The maximum absolute atomic E-state index is 11.5. The van der Waals surface area contributed by atoms with Gasteiger partial charge in [0.2, 0.25) is 0 Å². The maximum Gasteiger partial charge on any atom is 0.413 e. The van der Waals surface area contributed by atoms with Crippen molar-refractivity contribution in [3.05, 3.63) is 46.3 Å². The molecule has 0 spiro atoms. The summed E-state index contributed by atoms with van der Waals surface area (Å²) in [6.07, 6.45) is -0.739. The number of amides is 1. The van der Waals surface area contributed by atoms with Crippen LogP contribution in [0.15, 0.2) is 35.8 Å². The highest BCUT2D eigenvalue weighted by Gasteiger charge is 2.16. The molecule has 0 radical (unpaired) electrons. The van der Waals surface area contributed by atoms with E-state index in [-0.39, 0.29) is 17.3 Å². The van der Waals surface area contributed by atoms with Crippen molar-refractivity contribution in [2.24, 2.45) is 0 Å². The van der Waals surface area contributed by atoms with Crippen LogP contribution in [0.4, 0.5) is 10.6 Å². The lowest BCUT2D eigenvalue weighted by atomic mass is 10.2. The lowest BCUT2D eigenvalue weighted by Gasteiger charge is -2.05. The van der Waals surface area contributed by atoms with Gasteiger partial charge in [-0.1, -0.05) is 30.3 Å². The van der Waals surface area contributed by atoms with Crippen LogP contribution in [0.5, 0.6) is 0 Å². The quantitative estimate of drug-likeness (QED) is 0.897. The molecule has 1 aromatic heterocycles. The van der Waals surface area contributed by atoms with Crippen LogP contribution in [-0.2, 0) is 11.3 Å². The van der Waals surface area contributed by atoms with Gasteiger partial charge < -0.3 is 9.84 Å². The summed E-state index contributed by atoms with van der Waals surface area (Å²) in [4.78, 5) is 26.0. The summed E-state index contributed by atoms with van der Waals surface area (Å²) in [6, 6.07) is 9.16. The number of carboxylic acids is 1. The van der Waals surface area contributed by atoms with Gasteiger partial charge in [-0.05, 0) is 5.56 Å². The highest BCUT2D eigenvalue weighted by molar-refractivity contribution is 7.12. The van der Waals surface area contributed by atoms with Crippen LogP contribution in [0, 0.1) is 0 Å². The molecule has 2 rings (SSSR count). The minimum atomic E-state index is -1.14. The second kappa shape index (κ2) is 5.96. The molecule has 0 saturated carbocycles. The minimum Gasteiger partial charge on any atom is -0.477 e. The Labute approximate surface area is 112 Å². The molecular weight excluding hydrogens is 268 g/mol. The highest BCUT2D eigenvalue weighted by Crippen LogP contribution is 2.18. The highest BCUT2D eigenvalue weighted by atomic mass is 32.1. The van der Waals surface area contributed by atoms with Crippen molar-refractivity contribution in [2.45, 2.75) is 6.61 Å². The van der Waals surface area contributed by atoms with E-state index >= 15 is 0 Å². The molecule has 6 nitrogen and oxygen atoms in total. The number of aromatic nitrogens is 1. The van der Waals surface area contributed by atoms with Gasteiger partial charge in [-0.3, -0.25) is 5.32 Å². The zero-order chi connectivity index (χ0) is 13.7. The second-order valence-corrected chi connectivity index (χ2v) is 4.38. The molecule has 0 bridgehead atoms. The average molecular weight is 278 g/mol. The third kappa shape index (κ3) is 3.52. The number of rotatable bonds is 4. The normalized spacial score (nSPS) is 9.89. The van der Waals surface area contributed by atoms with Crippen LogP contribution in [0.25, 0.3) is 0 Å². The molecule has 2 aromatic rings. The van der Waals surface area contributed by atoms with Gasteiger partial charge in [0, 0.05) is 0 Å². The summed E-state index contributed by atoms with van der Waals surface area (Å²) in [5, 5.41) is 11.2. The Hall–Kier alpha value is -2.41. The van der Waals surface area contributed by atoms with Crippen LogP contribution in [-0.4, -0.2) is 22.2 Å². The molecule has 2 N–H and O–H groups in total. The van der Waals surface area contributed by atoms with Crippen molar-refractivity contribution in [3.8, 4) is 0 Å². The zero-order valence-electron chi connectivity index (χ0n) is 9.70. The number of hydrogen-bond acceptors (Lipinski definition) is 5. The van der Waals surface area contributed by atoms with Gasteiger partial charge in [-0.25, -0.2) is 14.6 Å². The number of nitrogens with one attached hydrogen (secondary N) is 1. The second-order valence-electron chi connectivity index (χ2n) is 3.52. The van der Waals surface area contributed by atoms with Crippen LogP contribution < -0.4 is 5.32 Å². The minimum absolute atomic E-state index is 0.00411. The Bertz CT molecular complexity index is 582. The number of hydrogen-bond donors (Lipinski definition) is 2. The monoisotopic (exact) mass is 278 g/mol. The Kier molecular flexibility index (Phi) is 4.09. The molecule has 0 aliphatic carbocycles. The summed E-state index contributed by atoms with van der Waals surface area (Å²) >= 11 is 0.933. The van der Waals surface area contributed by atoms with Gasteiger partial charge in [-0.2, -0.15) is 0 Å². The Morgan fingerprint density at radius 3 is 2.74 bits per heavy atom. The molecule has 0 aliphatic heterocycles. The van der Waals surface area contributed by atoms with E-state index in [1.165, 1.54) is 5.51 Å². The Balaban J connectivity index is 1.91. The predicted molar refractivity (Wildman–Crippen MR) is 69.3 cm³/mol. The summed E-state index contributed by atoms with van der Waals surface area (Å²) in [7, 11) is 0. The van der Waals surface area contributed by atoms with Gasteiger partial charge in [0.25, 0.3) is 0 Å². The van der Waals surface area contributed by atoms with Crippen molar-refractivity contribution in [2.75, 3.05) is 5.32 Å². The molecule has 7 heteroatoms. The molecule has 19 heavy (non-hydrogen) atoms. The van der Waals surface area contributed by atoms with Gasteiger partial charge in [0.05, 0.1) is 5.51 Å². The first-order valence-corrected chi connectivity index (χ1v) is 6.19. The van der Waals surface area contributed by atoms with E-state index in [1.807, 2.05) is 30.3 Å². The maximum atomic E-state index is 11.5. The standard InChI is InChI=1S/C12H10N2O4S/c15-11(16)9-10(13-7-19-9)14-12(17)18-6-8-4-2-1-3-5-8/h1-5,7H,6H2,(H,14,17)(H,15,16). The molecule has 98 valence electrons. The topological polar surface area (TPSA) is 88.5 Å². The van der Waals surface area contributed by atoms with E-state index < -0.39 is 12.1 Å². The van der Waals surface area contributed by atoms with Gasteiger partial charge in [0.1, 0.15) is 6.61 Å². The van der Waals surface area contributed by atoms with Crippen molar-refractivity contribution >= 4 is 29.2 Å². The SMILES string of the molecule is O=C(Nc1ncsc1C(=O)O)OCc1ccccc1. The fraction of sp³-hybridized carbons (Fsp3) is 0.0833. The number of thiazole rings is 1. The molecule has 1 amide bonds. The molecule has 1 heterocycles. The summed E-state index contributed by atoms with van der Waals surface area (Å²) in [6.45, 7) is 0.110. The number of benzene rings is 1. The molecule has 0 fully saturated rings. The van der Waals surface area contributed by atoms with Crippen molar-refractivity contribution < 1.29 is 19.4 Å². The first-order chi connectivity index (χ1) is 9.16. The molecule has 0 saturated heterocycles. The molecule has 0 unspecified atom stereocenters. The number of ether oxygens (including phenoxy) is 1. The van der Waals surface area contributed by atoms with Crippen molar-refractivity contribution in [3.63, 3.8) is 0 Å². The van der Waals surface area contributed by atoms with Gasteiger partial charge >= 0.3 is 12.1 Å². The fourth-order valence-corrected chi connectivity index (χ4v) is 1.92. The van der Waals surface area contributed by atoms with Crippen LogP contribution in [0.3, 0.4) is 0 Å². The number of carboxylic acid groups (broad SMARTS) is 1. The summed E-state index contributed by atoms with van der Waals surface area (Å²) in [5.74, 6) is -1.14. The van der Waals surface area contributed by atoms with Crippen LogP contribution in [0.2, 0.25) is 0 Å². The lowest BCUT2D eigenvalue weighted by Crippen LogP contribution is -2.15. The number of nitrogens with zero attached hydrogens (tertiary/aromatic N) is 1. The number of anilines is 1. The number of carbonyl (C=O) groups excluding carboxylic acids is 1. The van der Waals surface area contributed by atoms with Crippen molar-refractivity contribution in [1.29, 1.82) is 0 Å². The summed E-state index contributed by atoms with van der Waals surface area (Å²) < 4.78 is 4.96. The largest absolute Gasteiger partial charge is 0.477 e. The number of carbonyl (C=O) groups is 2. The Morgan fingerprint density at radius 1 is 1.32 bits per heavy atom. The predicted octanol–water partition coefficient (Wildman–Crippen LogP) is 2.59. The Morgan fingerprint density at radius 2 is 2.05 bits per heavy atom. The lowest BCUT2D eigenvalue weighted by molar-refractivity contribution is 0.0703. The molecule has 0 atom stereocenters. The van der Waals surface area contributed by atoms with E-state index in [2.05, 4.69) is 10.3 Å².